The first-order valence-corrected chi connectivity index (χ1v) is 8.35. The van der Waals surface area contributed by atoms with Gasteiger partial charge in [-0.25, -0.2) is 0 Å². The summed E-state index contributed by atoms with van der Waals surface area (Å²) in [5, 5.41) is 0. The highest BCUT2D eigenvalue weighted by molar-refractivity contribution is 5.84. The first-order chi connectivity index (χ1) is 9.84. The van der Waals surface area contributed by atoms with Crippen LogP contribution in [-0.4, -0.2) is 23.9 Å². The standard InChI is InChI=1S/C19H29NO/c1-5-7-20(8-6-2)16(21)19-11-15-9-17(3,13-19)12-18(4,10-15)14-19/h5-6,15H,1-2,7-14H2,3-4H3/t15?,17-,18-,19?/m0/s1. The molecule has 0 heterocycles. The fraction of sp³-hybridized carbons (Fsp3) is 0.737. The fourth-order valence-corrected chi connectivity index (χ4v) is 6.57. The van der Waals surface area contributed by atoms with Gasteiger partial charge in [0.15, 0.2) is 0 Å². The molecule has 4 fully saturated rings. The molecular weight excluding hydrogens is 258 g/mol. The van der Waals surface area contributed by atoms with Crippen LogP contribution in [0, 0.1) is 22.2 Å². The van der Waals surface area contributed by atoms with E-state index in [0.717, 1.165) is 25.2 Å². The second-order valence-electron chi connectivity index (χ2n) is 8.70. The lowest BCUT2D eigenvalue weighted by molar-refractivity contribution is -0.178. The van der Waals surface area contributed by atoms with Crippen LogP contribution in [0.1, 0.15) is 52.4 Å². The molecule has 0 aromatic rings. The summed E-state index contributed by atoms with van der Waals surface area (Å²) < 4.78 is 0. The molecule has 2 atom stereocenters. The van der Waals surface area contributed by atoms with Crippen molar-refractivity contribution in [1.82, 2.24) is 4.90 Å². The Morgan fingerprint density at radius 1 is 1.05 bits per heavy atom. The molecule has 0 saturated heterocycles. The van der Waals surface area contributed by atoms with E-state index in [1.54, 1.807) is 0 Å². The summed E-state index contributed by atoms with van der Waals surface area (Å²) in [4.78, 5) is 15.2. The average Bonchev–Trinajstić information content (AvgIpc) is 2.33. The number of hydrogen-bond acceptors (Lipinski definition) is 1. The quantitative estimate of drug-likeness (QED) is 0.695. The van der Waals surface area contributed by atoms with Crippen molar-refractivity contribution in [1.29, 1.82) is 0 Å². The van der Waals surface area contributed by atoms with E-state index in [1.807, 2.05) is 17.1 Å². The summed E-state index contributed by atoms with van der Waals surface area (Å²) in [6.07, 6.45) is 11.0. The molecule has 116 valence electrons. The van der Waals surface area contributed by atoms with E-state index >= 15 is 0 Å². The van der Waals surface area contributed by atoms with Gasteiger partial charge in [-0.1, -0.05) is 26.0 Å². The maximum Gasteiger partial charge on any atom is 0.229 e. The van der Waals surface area contributed by atoms with Crippen LogP contribution in [0.3, 0.4) is 0 Å². The number of carbonyl (C=O) groups is 1. The normalized spacial score (nSPS) is 43.6. The smallest absolute Gasteiger partial charge is 0.229 e. The van der Waals surface area contributed by atoms with E-state index < -0.39 is 0 Å². The van der Waals surface area contributed by atoms with Gasteiger partial charge >= 0.3 is 0 Å². The van der Waals surface area contributed by atoms with Crippen LogP contribution in [0.5, 0.6) is 0 Å². The second-order valence-corrected chi connectivity index (χ2v) is 8.70. The third kappa shape index (κ3) is 2.37. The minimum Gasteiger partial charge on any atom is -0.335 e. The van der Waals surface area contributed by atoms with Crippen molar-refractivity contribution in [2.24, 2.45) is 22.2 Å². The van der Waals surface area contributed by atoms with Gasteiger partial charge < -0.3 is 4.90 Å². The van der Waals surface area contributed by atoms with E-state index in [-0.39, 0.29) is 5.41 Å². The molecule has 4 bridgehead atoms. The molecule has 0 N–H and O–H groups in total. The number of carbonyl (C=O) groups excluding carboxylic acids is 1. The number of nitrogens with zero attached hydrogens (tertiary/aromatic N) is 1. The zero-order valence-electron chi connectivity index (χ0n) is 13.7. The SMILES string of the molecule is C=CCN(CC=C)C(=O)C12CC3C[C@](C)(C1)C[C@](C)(C3)C2. The van der Waals surface area contributed by atoms with E-state index in [4.69, 9.17) is 0 Å². The molecule has 2 nitrogen and oxygen atoms in total. The minimum atomic E-state index is -0.102. The van der Waals surface area contributed by atoms with Crippen molar-refractivity contribution in [3.05, 3.63) is 25.3 Å². The predicted molar refractivity (Wildman–Crippen MR) is 86.8 cm³/mol. The fourth-order valence-electron chi connectivity index (χ4n) is 6.57. The van der Waals surface area contributed by atoms with Gasteiger partial charge in [-0.05, 0) is 55.3 Å². The predicted octanol–water partition coefficient (Wildman–Crippen LogP) is 4.18. The third-order valence-corrected chi connectivity index (χ3v) is 6.07. The lowest BCUT2D eigenvalue weighted by Gasteiger charge is -2.65. The Labute approximate surface area is 129 Å². The second kappa shape index (κ2) is 4.72. The Balaban J connectivity index is 1.91. The average molecular weight is 287 g/mol. The minimum absolute atomic E-state index is 0.102. The van der Waals surface area contributed by atoms with Gasteiger partial charge in [-0.2, -0.15) is 0 Å². The van der Waals surface area contributed by atoms with E-state index in [1.165, 1.54) is 19.3 Å². The van der Waals surface area contributed by atoms with Gasteiger partial charge in [-0.3, -0.25) is 4.79 Å². The van der Waals surface area contributed by atoms with E-state index in [0.29, 0.717) is 29.8 Å². The van der Waals surface area contributed by atoms with Crippen molar-refractivity contribution >= 4 is 5.91 Å². The van der Waals surface area contributed by atoms with E-state index in [2.05, 4.69) is 27.0 Å². The third-order valence-electron chi connectivity index (χ3n) is 6.07. The summed E-state index contributed by atoms with van der Waals surface area (Å²) in [5.74, 6) is 1.12. The van der Waals surface area contributed by atoms with Crippen molar-refractivity contribution in [2.75, 3.05) is 13.1 Å². The van der Waals surface area contributed by atoms with E-state index in [9.17, 15) is 4.79 Å². The van der Waals surface area contributed by atoms with Crippen LogP contribution in [-0.2, 0) is 4.79 Å². The highest BCUT2D eigenvalue weighted by atomic mass is 16.2. The number of rotatable bonds is 5. The zero-order valence-corrected chi connectivity index (χ0v) is 13.7. The van der Waals surface area contributed by atoms with Gasteiger partial charge in [0.05, 0.1) is 5.41 Å². The molecule has 0 aromatic carbocycles. The molecule has 4 saturated carbocycles. The molecule has 4 rings (SSSR count). The van der Waals surface area contributed by atoms with Crippen LogP contribution in [0.4, 0.5) is 0 Å². The van der Waals surface area contributed by atoms with Crippen molar-refractivity contribution in [3.63, 3.8) is 0 Å². The monoisotopic (exact) mass is 287 g/mol. The number of hydrogen-bond donors (Lipinski definition) is 0. The van der Waals surface area contributed by atoms with Gasteiger partial charge in [0.25, 0.3) is 0 Å². The summed E-state index contributed by atoms with van der Waals surface area (Å²) >= 11 is 0. The largest absolute Gasteiger partial charge is 0.335 e. The van der Waals surface area contributed by atoms with Crippen LogP contribution >= 0.6 is 0 Å². The molecule has 2 heteroatoms. The molecular formula is C19H29NO. The van der Waals surface area contributed by atoms with Crippen molar-refractivity contribution < 1.29 is 4.79 Å². The zero-order chi connectivity index (χ0) is 15.3. The summed E-state index contributed by atoms with van der Waals surface area (Å²) in [5.41, 5.74) is 0.671. The van der Waals surface area contributed by atoms with Crippen molar-refractivity contribution in [2.45, 2.75) is 52.4 Å². The Hall–Kier alpha value is -1.05. The van der Waals surface area contributed by atoms with Gasteiger partial charge in [0.1, 0.15) is 0 Å². The summed E-state index contributed by atoms with van der Waals surface area (Å²) in [7, 11) is 0. The molecule has 1 amide bonds. The highest BCUT2D eigenvalue weighted by Crippen LogP contribution is 2.69. The first kappa shape index (κ1) is 14.9. The van der Waals surface area contributed by atoms with Gasteiger partial charge in [0, 0.05) is 13.1 Å². The Morgan fingerprint density at radius 2 is 1.57 bits per heavy atom. The van der Waals surface area contributed by atoms with Gasteiger partial charge in [0.2, 0.25) is 5.91 Å². The van der Waals surface area contributed by atoms with Crippen molar-refractivity contribution in [3.8, 4) is 0 Å². The van der Waals surface area contributed by atoms with Crippen LogP contribution in [0.25, 0.3) is 0 Å². The molecule has 0 aliphatic heterocycles. The Kier molecular flexibility index (Phi) is 3.35. The molecule has 4 aliphatic rings. The molecule has 0 radical (unpaired) electrons. The molecule has 21 heavy (non-hydrogen) atoms. The maximum absolute atomic E-state index is 13.3. The summed E-state index contributed by atoms with van der Waals surface area (Å²) in [6, 6.07) is 0. The highest BCUT2D eigenvalue weighted by Gasteiger charge is 2.63. The molecule has 0 aromatic heterocycles. The molecule has 4 aliphatic carbocycles. The molecule has 0 unspecified atom stereocenters. The topological polar surface area (TPSA) is 20.3 Å². The lowest BCUT2D eigenvalue weighted by Crippen LogP contribution is -2.60. The molecule has 0 spiro atoms. The summed E-state index contributed by atoms with van der Waals surface area (Å²) in [6.45, 7) is 13.7. The van der Waals surface area contributed by atoms with Crippen LogP contribution in [0.2, 0.25) is 0 Å². The Bertz CT molecular complexity index is 452. The number of amides is 1. The maximum atomic E-state index is 13.3. The van der Waals surface area contributed by atoms with Crippen LogP contribution < -0.4 is 0 Å². The van der Waals surface area contributed by atoms with Crippen LogP contribution in [0.15, 0.2) is 25.3 Å². The van der Waals surface area contributed by atoms with Gasteiger partial charge in [-0.15, -0.1) is 13.2 Å². The Morgan fingerprint density at radius 3 is 2.00 bits per heavy atom. The lowest BCUT2D eigenvalue weighted by atomic mass is 9.40. The first-order valence-electron chi connectivity index (χ1n) is 8.35.